The van der Waals surface area contributed by atoms with Gasteiger partial charge in [0, 0.05) is 13.1 Å². The van der Waals surface area contributed by atoms with E-state index in [1.165, 1.54) is 18.3 Å². The summed E-state index contributed by atoms with van der Waals surface area (Å²) in [5.74, 6) is 0.143. The van der Waals surface area contributed by atoms with Crippen LogP contribution < -0.4 is 10.6 Å². The van der Waals surface area contributed by atoms with Gasteiger partial charge >= 0.3 is 12.2 Å². The maximum absolute atomic E-state index is 13.6. The van der Waals surface area contributed by atoms with Crippen LogP contribution in [0.5, 0.6) is 0 Å². The normalized spacial score (nSPS) is 19.1. The molecule has 6 rings (SSSR count). The average Bonchev–Trinajstić information content (AvgIpc) is 4.04. The van der Waals surface area contributed by atoms with Crippen LogP contribution >= 0.6 is 0 Å². The fraction of sp³-hybridized carbons (Fsp3) is 0.465. The Morgan fingerprint density at radius 1 is 0.786 bits per heavy atom. The highest BCUT2D eigenvalue weighted by Crippen LogP contribution is 2.37. The van der Waals surface area contributed by atoms with E-state index in [2.05, 4.69) is 81.3 Å². The number of ether oxygens (including phenoxy) is 2. The standard InChI is InChI=1S/C43H53FN6O6/c1-26(2)37(47-42(53)55-5)40(51)49-21-6-8-35(49)33-19-18-32(24-33)30-12-10-28(11-13-30)29-14-16-31(17-15-29)34-25-45-39(46-34)36-9-7-22-50(36)41(52)38(27(3)4)48-43(54)56-23-20-44/h10-19,25-27,35-38H,6-9,20-24H2,1-5H3,(H,45,46)(H,47,53)(H,48,54)/t35?,36-,37-,38-/m0/s1. The van der Waals surface area contributed by atoms with E-state index >= 15 is 0 Å². The second-order valence-electron chi connectivity index (χ2n) is 15.4. The predicted octanol–water partition coefficient (Wildman–Crippen LogP) is 7.21. The number of imidazole rings is 1. The van der Waals surface area contributed by atoms with Gasteiger partial charge in [-0.25, -0.2) is 19.0 Å². The molecular formula is C43H53FN6O6. The van der Waals surface area contributed by atoms with E-state index in [1.807, 2.05) is 32.6 Å². The lowest BCUT2D eigenvalue weighted by molar-refractivity contribution is -0.136. The van der Waals surface area contributed by atoms with Crippen molar-refractivity contribution in [2.75, 3.05) is 33.5 Å². The molecule has 298 valence electrons. The van der Waals surface area contributed by atoms with Gasteiger partial charge in [-0.2, -0.15) is 0 Å². The molecule has 0 spiro atoms. The second-order valence-corrected chi connectivity index (χ2v) is 15.4. The molecule has 0 saturated carbocycles. The summed E-state index contributed by atoms with van der Waals surface area (Å²) in [6.07, 6.45) is 8.81. The maximum atomic E-state index is 13.6. The first-order valence-corrected chi connectivity index (χ1v) is 19.6. The van der Waals surface area contributed by atoms with Gasteiger partial charge in [-0.3, -0.25) is 9.59 Å². The Labute approximate surface area is 327 Å². The molecule has 2 saturated heterocycles. The topological polar surface area (TPSA) is 146 Å². The zero-order valence-corrected chi connectivity index (χ0v) is 32.8. The summed E-state index contributed by atoms with van der Waals surface area (Å²) < 4.78 is 22.1. The van der Waals surface area contributed by atoms with Crippen molar-refractivity contribution in [3.05, 3.63) is 83.8 Å². The van der Waals surface area contributed by atoms with Crippen molar-refractivity contribution in [1.82, 2.24) is 30.4 Å². The lowest BCUT2D eigenvalue weighted by atomic mass is 9.95. The van der Waals surface area contributed by atoms with Gasteiger partial charge < -0.3 is 34.9 Å². The summed E-state index contributed by atoms with van der Waals surface area (Å²) in [7, 11) is 1.30. The quantitative estimate of drug-likeness (QED) is 0.167. The minimum absolute atomic E-state index is 0.00651. The summed E-state index contributed by atoms with van der Waals surface area (Å²) in [6, 6.07) is 15.1. The third-order valence-electron chi connectivity index (χ3n) is 11.0. The Bertz CT molecular complexity index is 1940. The molecule has 13 heteroatoms. The van der Waals surface area contributed by atoms with Crippen LogP contribution in [-0.4, -0.2) is 95.4 Å². The number of benzene rings is 2. The van der Waals surface area contributed by atoms with Gasteiger partial charge in [-0.1, -0.05) is 88.4 Å². The molecule has 0 bridgehead atoms. The number of alkyl carbamates (subject to hydrolysis) is 2. The van der Waals surface area contributed by atoms with Crippen LogP contribution in [0.1, 0.15) is 77.2 Å². The van der Waals surface area contributed by atoms with Crippen LogP contribution in [-0.2, 0) is 19.1 Å². The van der Waals surface area contributed by atoms with E-state index in [0.717, 1.165) is 60.1 Å². The van der Waals surface area contributed by atoms with Crippen LogP contribution in [0.25, 0.3) is 28.0 Å². The van der Waals surface area contributed by atoms with Crippen LogP contribution in [0.4, 0.5) is 14.0 Å². The van der Waals surface area contributed by atoms with Crippen LogP contribution in [0.3, 0.4) is 0 Å². The smallest absolute Gasteiger partial charge is 0.407 e. The number of allylic oxidation sites excluding steroid dienone is 3. The summed E-state index contributed by atoms with van der Waals surface area (Å²) in [6.45, 7) is 7.61. The van der Waals surface area contributed by atoms with Gasteiger partial charge in [0.1, 0.15) is 31.2 Å². The molecule has 0 radical (unpaired) electrons. The first-order chi connectivity index (χ1) is 27.0. The van der Waals surface area contributed by atoms with E-state index in [0.29, 0.717) is 18.9 Å². The summed E-state index contributed by atoms with van der Waals surface area (Å²) in [5, 5.41) is 5.34. The number of nitrogens with one attached hydrogen (secondary N) is 3. The summed E-state index contributed by atoms with van der Waals surface area (Å²) in [4.78, 5) is 63.1. The maximum Gasteiger partial charge on any atom is 0.407 e. The van der Waals surface area contributed by atoms with E-state index in [-0.39, 0.29) is 42.3 Å². The third kappa shape index (κ3) is 8.98. The highest BCUT2D eigenvalue weighted by atomic mass is 19.1. The minimum Gasteiger partial charge on any atom is -0.453 e. The molecule has 2 fully saturated rings. The Balaban J connectivity index is 1.06. The fourth-order valence-corrected chi connectivity index (χ4v) is 7.95. The monoisotopic (exact) mass is 768 g/mol. The largest absolute Gasteiger partial charge is 0.453 e. The van der Waals surface area contributed by atoms with E-state index in [9.17, 15) is 23.6 Å². The number of alkyl halides is 1. The number of nitrogens with zero attached hydrogens (tertiary/aromatic N) is 3. The Hall–Kier alpha value is -5.46. The number of hydrogen-bond donors (Lipinski definition) is 3. The number of H-pyrrole nitrogens is 1. The highest BCUT2D eigenvalue weighted by molar-refractivity contribution is 5.88. The molecule has 2 aliphatic heterocycles. The number of rotatable bonds is 13. The van der Waals surface area contributed by atoms with Crippen LogP contribution in [0.15, 0.2) is 72.5 Å². The number of aromatic nitrogens is 2. The molecule has 4 amide bonds. The Kier molecular flexibility index (Phi) is 12.9. The molecule has 4 atom stereocenters. The van der Waals surface area contributed by atoms with Crippen molar-refractivity contribution in [1.29, 1.82) is 0 Å². The van der Waals surface area contributed by atoms with Gasteiger partial charge in [-0.05, 0) is 77.3 Å². The zero-order chi connectivity index (χ0) is 39.9. The third-order valence-corrected chi connectivity index (χ3v) is 11.0. The number of carbonyl (C=O) groups excluding carboxylic acids is 4. The minimum atomic E-state index is -0.807. The zero-order valence-electron chi connectivity index (χ0n) is 32.8. The second kappa shape index (κ2) is 18.0. The molecule has 3 heterocycles. The van der Waals surface area contributed by atoms with Gasteiger partial charge in [0.25, 0.3) is 0 Å². The number of methoxy groups -OCH3 is 1. The lowest BCUT2D eigenvalue weighted by Crippen LogP contribution is -2.52. The molecule has 1 aromatic heterocycles. The molecule has 3 N–H and O–H groups in total. The molecule has 1 aliphatic carbocycles. The molecule has 3 aliphatic rings. The van der Waals surface area contributed by atoms with Crippen molar-refractivity contribution in [3.63, 3.8) is 0 Å². The van der Waals surface area contributed by atoms with E-state index in [4.69, 9.17) is 9.47 Å². The van der Waals surface area contributed by atoms with E-state index < -0.39 is 30.9 Å². The van der Waals surface area contributed by atoms with Gasteiger partial charge in [-0.15, -0.1) is 0 Å². The predicted molar refractivity (Wildman–Crippen MR) is 212 cm³/mol. The van der Waals surface area contributed by atoms with Gasteiger partial charge in [0.15, 0.2) is 0 Å². The number of amides is 4. The van der Waals surface area contributed by atoms with Gasteiger partial charge in [0.2, 0.25) is 11.8 Å². The summed E-state index contributed by atoms with van der Waals surface area (Å²) >= 11 is 0. The fourth-order valence-electron chi connectivity index (χ4n) is 7.95. The van der Waals surface area contributed by atoms with Crippen molar-refractivity contribution < 1.29 is 33.0 Å². The van der Waals surface area contributed by atoms with Crippen molar-refractivity contribution in [2.24, 2.45) is 11.8 Å². The molecule has 3 aromatic rings. The number of likely N-dealkylation sites (tertiary alicyclic amines) is 2. The van der Waals surface area contributed by atoms with Crippen LogP contribution in [0, 0.1) is 11.8 Å². The Morgan fingerprint density at radius 3 is 1.89 bits per heavy atom. The molecule has 12 nitrogen and oxygen atoms in total. The first kappa shape index (κ1) is 40.2. The van der Waals surface area contributed by atoms with Crippen molar-refractivity contribution in [3.8, 4) is 22.4 Å². The number of carbonyl (C=O) groups is 4. The van der Waals surface area contributed by atoms with Crippen LogP contribution in [0.2, 0.25) is 0 Å². The first-order valence-electron chi connectivity index (χ1n) is 19.6. The number of halogens is 1. The van der Waals surface area contributed by atoms with Crippen molar-refractivity contribution in [2.45, 2.75) is 84.0 Å². The Morgan fingerprint density at radius 2 is 1.32 bits per heavy atom. The molecule has 1 unspecified atom stereocenters. The summed E-state index contributed by atoms with van der Waals surface area (Å²) in [5.41, 5.74) is 7.52. The van der Waals surface area contributed by atoms with Crippen molar-refractivity contribution >= 4 is 29.6 Å². The average molecular weight is 769 g/mol. The number of hydrogen-bond acceptors (Lipinski definition) is 7. The lowest BCUT2D eigenvalue weighted by Gasteiger charge is -2.31. The number of aromatic amines is 1. The molecular weight excluding hydrogens is 716 g/mol. The SMILES string of the molecule is COC(=O)N[C@H](C(=O)N1CCCC1C1=CC=C(c2ccc(-c3ccc(-c4cnc([C@@H]5CCCN5C(=O)[C@@H](NC(=O)OCCF)C(C)C)[nH]4)cc3)cc2)C1)C(C)C. The van der Waals surface area contributed by atoms with E-state index in [1.54, 1.807) is 11.1 Å². The molecule has 2 aromatic carbocycles. The van der Waals surface area contributed by atoms with Gasteiger partial charge in [0.05, 0.1) is 31.1 Å². The molecule has 56 heavy (non-hydrogen) atoms. The highest BCUT2D eigenvalue weighted by Gasteiger charge is 2.39.